The van der Waals surface area contributed by atoms with E-state index in [1.807, 2.05) is 11.4 Å². The van der Waals surface area contributed by atoms with Crippen LogP contribution in [0.4, 0.5) is 10.8 Å². The highest BCUT2D eigenvalue weighted by Crippen LogP contribution is 2.21. The van der Waals surface area contributed by atoms with Crippen LogP contribution in [0.2, 0.25) is 0 Å². The van der Waals surface area contributed by atoms with E-state index in [-0.39, 0.29) is 11.8 Å². The Kier molecular flexibility index (Phi) is 5.52. The zero-order chi connectivity index (χ0) is 17.6. The molecule has 0 aliphatic heterocycles. The molecule has 0 aliphatic rings. The lowest BCUT2D eigenvalue weighted by Gasteiger charge is -2.09. The van der Waals surface area contributed by atoms with Crippen LogP contribution in [0.15, 0.2) is 41.8 Å². The molecule has 0 aliphatic carbocycles. The highest BCUT2D eigenvalue weighted by atomic mass is 32.1. The van der Waals surface area contributed by atoms with E-state index >= 15 is 0 Å². The van der Waals surface area contributed by atoms with Gasteiger partial charge in [-0.15, -0.1) is 21.5 Å². The molecule has 2 N–H and O–H groups in total. The molecule has 3 aromatic rings. The molecule has 2 aromatic heterocycles. The Labute approximate surface area is 152 Å². The summed E-state index contributed by atoms with van der Waals surface area (Å²) >= 11 is 2.70. The van der Waals surface area contributed by atoms with E-state index in [4.69, 9.17) is 0 Å². The van der Waals surface area contributed by atoms with Crippen molar-refractivity contribution < 1.29 is 9.59 Å². The molecule has 0 saturated heterocycles. The van der Waals surface area contributed by atoms with Gasteiger partial charge in [-0.05, 0) is 30.0 Å². The van der Waals surface area contributed by atoms with Crippen molar-refractivity contribution in [2.75, 3.05) is 10.6 Å². The van der Waals surface area contributed by atoms with Crippen LogP contribution < -0.4 is 10.6 Å². The van der Waals surface area contributed by atoms with E-state index in [2.05, 4.69) is 27.8 Å². The van der Waals surface area contributed by atoms with Crippen LogP contribution in [0.1, 0.15) is 38.4 Å². The average molecular weight is 372 g/mol. The molecule has 0 atom stereocenters. The van der Waals surface area contributed by atoms with Crippen molar-refractivity contribution in [3.8, 4) is 0 Å². The van der Waals surface area contributed by atoms with Crippen LogP contribution in [-0.4, -0.2) is 22.0 Å². The lowest BCUT2D eigenvalue weighted by atomic mass is 10.1. The van der Waals surface area contributed by atoms with E-state index in [0.29, 0.717) is 21.3 Å². The molecule has 128 valence electrons. The number of hydrogen-bond donors (Lipinski definition) is 2. The Morgan fingerprint density at radius 3 is 2.64 bits per heavy atom. The molecule has 0 fully saturated rings. The van der Waals surface area contributed by atoms with Gasteiger partial charge >= 0.3 is 0 Å². The van der Waals surface area contributed by atoms with Gasteiger partial charge in [-0.3, -0.25) is 14.9 Å². The molecule has 2 heterocycles. The summed E-state index contributed by atoms with van der Waals surface area (Å²) in [6, 6.07) is 10.4. The Bertz CT molecular complexity index is 874. The molecule has 6 nitrogen and oxygen atoms in total. The Morgan fingerprint density at radius 1 is 1.04 bits per heavy atom. The SMILES string of the molecule is CCCc1nnc(NC(=O)c2ccccc2NC(=O)c2cccs2)s1. The molecule has 1 aromatic carbocycles. The van der Waals surface area contributed by atoms with Crippen molar-refractivity contribution >= 4 is 45.3 Å². The Morgan fingerprint density at radius 2 is 1.88 bits per heavy atom. The van der Waals surface area contributed by atoms with Gasteiger partial charge in [-0.25, -0.2) is 0 Å². The second kappa shape index (κ2) is 8.00. The molecule has 0 saturated carbocycles. The number of aromatic nitrogens is 2. The molecule has 3 rings (SSSR count). The van der Waals surface area contributed by atoms with Crippen molar-refractivity contribution in [1.29, 1.82) is 0 Å². The maximum absolute atomic E-state index is 12.5. The maximum Gasteiger partial charge on any atom is 0.265 e. The van der Waals surface area contributed by atoms with Crippen LogP contribution in [-0.2, 0) is 6.42 Å². The summed E-state index contributed by atoms with van der Waals surface area (Å²) in [7, 11) is 0. The Hall–Kier alpha value is -2.58. The lowest BCUT2D eigenvalue weighted by molar-refractivity contribution is 0.102. The summed E-state index contributed by atoms with van der Waals surface area (Å²) in [5.74, 6) is -0.572. The molecule has 0 radical (unpaired) electrons. The van der Waals surface area contributed by atoms with Gasteiger partial charge in [0.2, 0.25) is 5.13 Å². The third-order valence-corrected chi connectivity index (χ3v) is 5.08. The number of anilines is 2. The van der Waals surface area contributed by atoms with Crippen molar-refractivity contribution in [3.05, 3.63) is 57.2 Å². The number of amides is 2. The van der Waals surface area contributed by atoms with E-state index in [1.165, 1.54) is 22.7 Å². The highest BCUT2D eigenvalue weighted by molar-refractivity contribution is 7.15. The first-order chi connectivity index (χ1) is 12.2. The normalized spacial score (nSPS) is 10.4. The monoisotopic (exact) mass is 372 g/mol. The molecule has 25 heavy (non-hydrogen) atoms. The number of nitrogens with one attached hydrogen (secondary N) is 2. The predicted octanol–water partition coefficient (Wildman–Crippen LogP) is 4.06. The van der Waals surface area contributed by atoms with Gasteiger partial charge < -0.3 is 5.32 Å². The fraction of sp³-hybridized carbons (Fsp3) is 0.176. The number of carbonyl (C=O) groups excluding carboxylic acids is 2. The summed E-state index contributed by atoms with van der Waals surface area (Å²) in [6.07, 6.45) is 1.81. The summed E-state index contributed by atoms with van der Waals surface area (Å²) in [5, 5.41) is 16.7. The van der Waals surface area contributed by atoms with E-state index in [9.17, 15) is 9.59 Å². The van der Waals surface area contributed by atoms with Gasteiger partial charge in [0.15, 0.2) is 0 Å². The van der Waals surface area contributed by atoms with Gasteiger partial charge in [0.25, 0.3) is 11.8 Å². The smallest absolute Gasteiger partial charge is 0.265 e. The molecule has 0 unspecified atom stereocenters. The topological polar surface area (TPSA) is 84.0 Å². The molecule has 8 heteroatoms. The van der Waals surface area contributed by atoms with E-state index < -0.39 is 0 Å². The third kappa shape index (κ3) is 4.28. The summed E-state index contributed by atoms with van der Waals surface area (Å²) in [4.78, 5) is 25.4. The number of para-hydroxylation sites is 1. The average Bonchev–Trinajstić information content (AvgIpc) is 3.28. The first-order valence-corrected chi connectivity index (χ1v) is 9.44. The molecule has 0 bridgehead atoms. The molecular formula is C17H16N4O2S2. The minimum absolute atomic E-state index is 0.239. The lowest BCUT2D eigenvalue weighted by Crippen LogP contribution is -2.17. The third-order valence-electron chi connectivity index (χ3n) is 3.32. The predicted molar refractivity (Wildman–Crippen MR) is 101 cm³/mol. The molecular weight excluding hydrogens is 356 g/mol. The van der Waals surface area contributed by atoms with Gasteiger partial charge in [-0.1, -0.05) is 36.5 Å². The van der Waals surface area contributed by atoms with Crippen LogP contribution in [0, 0.1) is 0 Å². The number of hydrogen-bond acceptors (Lipinski definition) is 6. The molecule has 2 amide bonds. The van der Waals surface area contributed by atoms with Crippen molar-refractivity contribution in [2.24, 2.45) is 0 Å². The highest BCUT2D eigenvalue weighted by Gasteiger charge is 2.16. The van der Waals surface area contributed by atoms with E-state index in [1.54, 1.807) is 30.3 Å². The fourth-order valence-corrected chi connectivity index (χ4v) is 3.62. The number of nitrogens with zero attached hydrogens (tertiary/aromatic N) is 2. The second-order valence-corrected chi connectivity index (χ2v) is 7.19. The maximum atomic E-state index is 12.5. The Balaban J connectivity index is 1.75. The largest absolute Gasteiger partial charge is 0.321 e. The van der Waals surface area contributed by atoms with Crippen molar-refractivity contribution in [3.63, 3.8) is 0 Å². The van der Waals surface area contributed by atoms with Gasteiger partial charge in [0.05, 0.1) is 16.1 Å². The summed E-state index contributed by atoms with van der Waals surface area (Å²) < 4.78 is 0. The van der Waals surface area contributed by atoms with Crippen LogP contribution in [0.5, 0.6) is 0 Å². The van der Waals surface area contributed by atoms with Gasteiger partial charge in [-0.2, -0.15) is 0 Å². The minimum atomic E-state index is -0.332. The minimum Gasteiger partial charge on any atom is -0.321 e. The van der Waals surface area contributed by atoms with Gasteiger partial charge in [0, 0.05) is 6.42 Å². The van der Waals surface area contributed by atoms with Crippen LogP contribution in [0.25, 0.3) is 0 Å². The van der Waals surface area contributed by atoms with Crippen molar-refractivity contribution in [1.82, 2.24) is 10.2 Å². The summed E-state index contributed by atoms with van der Waals surface area (Å²) in [6.45, 7) is 2.06. The fourth-order valence-electron chi connectivity index (χ4n) is 2.17. The quantitative estimate of drug-likeness (QED) is 0.683. The van der Waals surface area contributed by atoms with Crippen LogP contribution >= 0.6 is 22.7 Å². The standard InChI is InChI=1S/C17H16N4O2S2/c1-2-6-14-20-21-17(25-14)19-15(22)11-7-3-4-8-12(11)18-16(23)13-9-5-10-24-13/h3-5,7-10H,2,6H2,1H3,(H,18,23)(H,19,21,22). The second-order valence-electron chi connectivity index (χ2n) is 5.18. The first-order valence-electron chi connectivity index (χ1n) is 7.75. The zero-order valence-electron chi connectivity index (χ0n) is 13.5. The van der Waals surface area contributed by atoms with E-state index in [0.717, 1.165) is 17.8 Å². The van der Waals surface area contributed by atoms with Crippen LogP contribution in [0.3, 0.4) is 0 Å². The zero-order valence-corrected chi connectivity index (χ0v) is 15.1. The number of carbonyl (C=O) groups is 2. The number of rotatable bonds is 6. The number of aryl methyl sites for hydroxylation is 1. The number of benzene rings is 1. The van der Waals surface area contributed by atoms with Gasteiger partial charge in [0.1, 0.15) is 5.01 Å². The number of thiophene rings is 1. The first kappa shape index (κ1) is 17.2. The molecule has 0 spiro atoms. The van der Waals surface area contributed by atoms with Crippen molar-refractivity contribution in [2.45, 2.75) is 19.8 Å². The summed E-state index contributed by atoms with van der Waals surface area (Å²) in [5.41, 5.74) is 0.830.